The van der Waals surface area contributed by atoms with Crippen LogP contribution in [0.15, 0.2) is 83.8 Å². The molecule has 0 saturated carbocycles. The molecule has 3 aromatic rings. The van der Waals surface area contributed by atoms with Crippen molar-refractivity contribution in [1.29, 1.82) is 0 Å². The summed E-state index contributed by atoms with van der Waals surface area (Å²) >= 11 is 0. The monoisotopic (exact) mass is 365 g/mol. The number of sulfonamides is 1. The van der Waals surface area contributed by atoms with Crippen LogP contribution in [-0.4, -0.2) is 14.2 Å². The van der Waals surface area contributed by atoms with Crippen molar-refractivity contribution >= 4 is 21.5 Å². The Morgan fingerprint density at radius 1 is 0.846 bits per heavy atom. The Labute approximate surface area is 153 Å². The van der Waals surface area contributed by atoms with Gasteiger partial charge in [0.2, 0.25) is 0 Å². The molecule has 5 heteroatoms. The molecule has 4 nitrogen and oxygen atoms in total. The average molecular weight is 365 g/mol. The highest BCUT2D eigenvalue weighted by atomic mass is 32.2. The number of ketones is 1. The number of Topliss-reactive ketones (excluding diaryl/α,β-unsaturated/α-hetero) is 1. The van der Waals surface area contributed by atoms with Gasteiger partial charge in [-0.1, -0.05) is 60.7 Å². The van der Waals surface area contributed by atoms with Crippen LogP contribution in [0.4, 0.5) is 5.69 Å². The lowest BCUT2D eigenvalue weighted by Gasteiger charge is -2.13. The zero-order chi connectivity index (χ0) is 18.6. The minimum Gasteiger partial charge on any atom is -0.295 e. The van der Waals surface area contributed by atoms with Gasteiger partial charge in [0.25, 0.3) is 10.0 Å². The standard InChI is InChI=1S/C21H19NO3S/c1-16(23)18-11-13-20(14-12-18)26(24,25)22-21-10-6-5-9-19(21)15-17-7-3-2-4-8-17/h2-14,22H,15H2,1H3. The van der Waals surface area contributed by atoms with Crippen molar-refractivity contribution in [2.24, 2.45) is 0 Å². The molecule has 0 spiro atoms. The highest BCUT2D eigenvalue weighted by Gasteiger charge is 2.16. The van der Waals surface area contributed by atoms with E-state index in [9.17, 15) is 13.2 Å². The summed E-state index contributed by atoms with van der Waals surface area (Å²) in [6.07, 6.45) is 0.628. The second-order valence-electron chi connectivity index (χ2n) is 6.01. The molecule has 0 aliphatic carbocycles. The van der Waals surface area contributed by atoms with E-state index in [0.29, 0.717) is 17.7 Å². The maximum Gasteiger partial charge on any atom is 0.261 e. The fourth-order valence-electron chi connectivity index (χ4n) is 2.66. The molecule has 0 atom stereocenters. The van der Waals surface area contributed by atoms with Gasteiger partial charge < -0.3 is 0 Å². The van der Waals surface area contributed by atoms with Gasteiger partial charge in [0, 0.05) is 5.56 Å². The molecule has 0 unspecified atom stereocenters. The highest BCUT2D eigenvalue weighted by molar-refractivity contribution is 7.92. The summed E-state index contributed by atoms with van der Waals surface area (Å²) in [5, 5.41) is 0. The number of carbonyl (C=O) groups is 1. The number of carbonyl (C=O) groups excluding carboxylic acids is 1. The molecule has 0 saturated heterocycles. The molecule has 3 aromatic carbocycles. The van der Waals surface area contributed by atoms with Crippen LogP contribution in [0.3, 0.4) is 0 Å². The molecule has 0 aliphatic heterocycles. The van der Waals surface area contributed by atoms with Gasteiger partial charge in [-0.25, -0.2) is 8.42 Å². The third-order valence-corrected chi connectivity index (χ3v) is 5.45. The Hall–Kier alpha value is -2.92. The summed E-state index contributed by atoms with van der Waals surface area (Å²) in [7, 11) is -3.73. The number of benzene rings is 3. The quantitative estimate of drug-likeness (QED) is 0.663. The summed E-state index contributed by atoms with van der Waals surface area (Å²) in [5.41, 5.74) is 3.02. The smallest absolute Gasteiger partial charge is 0.261 e. The first kappa shape index (κ1) is 17.9. The van der Waals surface area contributed by atoms with Crippen molar-refractivity contribution in [2.45, 2.75) is 18.2 Å². The van der Waals surface area contributed by atoms with Gasteiger partial charge in [-0.3, -0.25) is 9.52 Å². The van der Waals surface area contributed by atoms with Crippen molar-refractivity contribution in [2.75, 3.05) is 4.72 Å². The molecule has 0 aliphatic rings. The second kappa shape index (κ2) is 7.54. The zero-order valence-corrected chi connectivity index (χ0v) is 15.2. The van der Waals surface area contributed by atoms with Crippen molar-refractivity contribution in [3.05, 3.63) is 95.6 Å². The number of anilines is 1. The van der Waals surface area contributed by atoms with Crippen LogP contribution >= 0.6 is 0 Å². The molecular weight excluding hydrogens is 346 g/mol. The summed E-state index contributed by atoms with van der Waals surface area (Å²) in [5.74, 6) is -0.102. The molecule has 1 N–H and O–H groups in total. The second-order valence-corrected chi connectivity index (χ2v) is 7.69. The van der Waals surface area contributed by atoms with E-state index in [2.05, 4.69) is 4.72 Å². The van der Waals surface area contributed by atoms with Crippen LogP contribution in [0, 0.1) is 0 Å². The average Bonchev–Trinajstić information content (AvgIpc) is 2.64. The van der Waals surface area contributed by atoms with Crippen LogP contribution in [0.5, 0.6) is 0 Å². The molecule has 0 bridgehead atoms. The lowest BCUT2D eigenvalue weighted by Crippen LogP contribution is -2.14. The predicted molar refractivity (Wildman–Crippen MR) is 103 cm³/mol. The molecule has 0 fully saturated rings. The van der Waals surface area contributed by atoms with E-state index < -0.39 is 10.0 Å². The van der Waals surface area contributed by atoms with E-state index in [4.69, 9.17) is 0 Å². The van der Waals surface area contributed by atoms with E-state index in [0.717, 1.165) is 11.1 Å². The molecule has 0 radical (unpaired) electrons. The zero-order valence-electron chi connectivity index (χ0n) is 14.3. The van der Waals surface area contributed by atoms with Crippen molar-refractivity contribution in [3.8, 4) is 0 Å². The number of hydrogen-bond acceptors (Lipinski definition) is 3. The normalized spacial score (nSPS) is 11.1. The SMILES string of the molecule is CC(=O)c1ccc(S(=O)(=O)Nc2ccccc2Cc2ccccc2)cc1. The van der Waals surface area contributed by atoms with E-state index in [1.54, 1.807) is 12.1 Å². The van der Waals surface area contributed by atoms with E-state index in [1.807, 2.05) is 42.5 Å². The van der Waals surface area contributed by atoms with Crippen molar-refractivity contribution in [1.82, 2.24) is 0 Å². The molecule has 0 aromatic heterocycles. The van der Waals surface area contributed by atoms with Gasteiger partial charge in [-0.15, -0.1) is 0 Å². The predicted octanol–water partition coefficient (Wildman–Crippen LogP) is 4.28. The third kappa shape index (κ3) is 4.18. The molecule has 0 amide bonds. The number of rotatable bonds is 6. The molecule has 26 heavy (non-hydrogen) atoms. The summed E-state index contributed by atoms with van der Waals surface area (Å²) in [6.45, 7) is 1.45. The Kier molecular flexibility index (Phi) is 5.19. The van der Waals surface area contributed by atoms with Crippen molar-refractivity contribution in [3.63, 3.8) is 0 Å². The number of para-hydroxylation sites is 1. The van der Waals surface area contributed by atoms with Gasteiger partial charge in [-0.05, 0) is 42.7 Å². The molecule has 3 rings (SSSR count). The van der Waals surface area contributed by atoms with Gasteiger partial charge in [0.05, 0.1) is 10.6 Å². The van der Waals surface area contributed by atoms with E-state index >= 15 is 0 Å². The van der Waals surface area contributed by atoms with Crippen molar-refractivity contribution < 1.29 is 13.2 Å². The first-order chi connectivity index (χ1) is 12.5. The summed E-state index contributed by atoms with van der Waals surface area (Å²) in [4.78, 5) is 11.5. The van der Waals surface area contributed by atoms with Crippen LogP contribution in [0.1, 0.15) is 28.4 Å². The Morgan fingerprint density at radius 2 is 1.46 bits per heavy atom. The minimum atomic E-state index is -3.73. The molecule has 132 valence electrons. The Bertz CT molecular complexity index is 1010. The summed E-state index contributed by atoms with van der Waals surface area (Å²) in [6, 6.07) is 23.1. The van der Waals surface area contributed by atoms with Gasteiger partial charge >= 0.3 is 0 Å². The van der Waals surface area contributed by atoms with Gasteiger partial charge in [-0.2, -0.15) is 0 Å². The number of nitrogens with one attached hydrogen (secondary N) is 1. The highest BCUT2D eigenvalue weighted by Crippen LogP contribution is 2.23. The topological polar surface area (TPSA) is 63.2 Å². The van der Waals surface area contributed by atoms with Crippen LogP contribution in [0.2, 0.25) is 0 Å². The lowest BCUT2D eigenvalue weighted by atomic mass is 10.0. The number of hydrogen-bond donors (Lipinski definition) is 1. The Balaban J connectivity index is 1.87. The van der Waals surface area contributed by atoms with Crippen LogP contribution < -0.4 is 4.72 Å². The van der Waals surface area contributed by atoms with Crippen LogP contribution in [0.25, 0.3) is 0 Å². The minimum absolute atomic E-state index is 0.102. The van der Waals surface area contributed by atoms with E-state index in [1.165, 1.54) is 31.2 Å². The lowest BCUT2D eigenvalue weighted by molar-refractivity contribution is 0.101. The summed E-state index contributed by atoms with van der Waals surface area (Å²) < 4.78 is 28.0. The fourth-order valence-corrected chi connectivity index (χ4v) is 3.76. The van der Waals surface area contributed by atoms with E-state index in [-0.39, 0.29) is 10.7 Å². The van der Waals surface area contributed by atoms with Gasteiger partial charge in [0.1, 0.15) is 0 Å². The molecule has 0 heterocycles. The fraction of sp³-hybridized carbons (Fsp3) is 0.0952. The van der Waals surface area contributed by atoms with Gasteiger partial charge in [0.15, 0.2) is 5.78 Å². The Morgan fingerprint density at radius 3 is 2.12 bits per heavy atom. The van der Waals surface area contributed by atoms with Crippen LogP contribution in [-0.2, 0) is 16.4 Å². The maximum atomic E-state index is 12.7. The third-order valence-electron chi connectivity index (χ3n) is 4.07. The largest absolute Gasteiger partial charge is 0.295 e. The molecular formula is C21H19NO3S. The first-order valence-electron chi connectivity index (χ1n) is 8.21. The maximum absolute atomic E-state index is 12.7. The first-order valence-corrected chi connectivity index (χ1v) is 9.70.